The molecule has 0 atom stereocenters. The minimum absolute atomic E-state index is 0.0388. The Morgan fingerprint density at radius 3 is 2.71 bits per heavy atom. The van der Waals surface area contributed by atoms with Crippen molar-refractivity contribution in [3.63, 3.8) is 0 Å². The van der Waals surface area contributed by atoms with Gasteiger partial charge in [-0.05, 0) is 32.4 Å². The van der Waals surface area contributed by atoms with Gasteiger partial charge in [-0.15, -0.1) is 0 Å². The van der Waals surface area contributed by atoms with Gasteiger partial charge in [0.05, 0.1) is 11.3 Å². The second-order valence-corrected chi connectivity index (χ2v) is 3.60. The summed E-state index contributed by atoms with van der Waals surface area (Å²) in [5.74, 6) is -0.753. The van der Waals surface area contributed by atoms with Gasteiger partial charge in [0.15, 0.2) is 17.4 Å². The van der Waals surface area contributed by atoms with Crippen molar-refractivity contribution >= 4 is 17.3 Å². The molecule has 17 heavy (non-hydrogen) atoms. The summed E-state index contributed by atoms with van der Waals surface area (Å²) in [7, 11) is 0. The van der Waals surface area contributed by atoms with E-state index in [1.165, 1.54) is 13.1 Å². The number of rotatable bonds is 3. The van der Waals surface area contributed by atoms with E-state index >= 15 is 0 Å². The number of aromatic nitrogens is 1. The Kier molecular flexibility index (Phi) is 4.09. The fraction of sp³-hybridized carbons (Fsp3) is 0.250. The van der Waals surface area contributed by atoms with Crippen LogP contribution in [0, 0.1) is 12.7 Å². The van der Waals surface area contributed by atoms with Crippen molar-refractivity contribution in [1.29, 1.82) is 0 Å². The van der Waals surface area contributed by atoms with Crippen molar-refractivity contribution in [3.05, 3.63) is 35.4 Å². The molecule has 90 valence electrons. The Balaban J connectivity index is 3.19. The lowest BCUT2D eigenvalue weighted by Gasteiger charge is -2.03. The van der Waals surface area contributed by atoms with Gasteiger partial charge in [-0.1, -0.05) is 0 Å². The van der Waals surface area contributed by atoms with Gasteiger partial charge in [-0.2, -0.15) is 0 Å². The molecule has 0 spiro atoms. The van der Waals surface area contributed by atoms with E-state index in [-0.39, 0.29) is 17.2 Å². The van der Waals surface area contributed by atoms with Gasteiger partial charge < -0.3 is 5.73 Å². The van der Waals surface area contributed by atoms with Crippen LogP contribution in [0.2, 0.25) is 0 Å². The van der Waals surface area contributed by atoms with Crippen molar-refractivity contribution in [2.75, 3.05) is 0 Å². The molecule has 0 amide bonds. The van der Waals surface area contributed by atoms with Crippen LogP contribution in [-0.2, 0) is 4.79 Å². The normalized spacial score (nSPS) is 12.7. The van der Waals surface area contributed by atoms with Gasteiger partial charge in [-0.25, -0.2) is 14.4 Å². The summed E-state index contributed by atoms with van der Waals surface area (Å²) in [5.41, 5.74) is 6.37. The molecule has 4 nitrogen and oxygen atoms in total. The molecule has 1 aromatic rings. The Morgan fingerprint density at radius 1 is 1.53 bits per heavy atom. The van der Waals surface area contributed by atoms with Crippen LogP contribution in [0.4, 0.5) is 10.2 Å². The molecule has 0 bridgehead atoms. The number of ketones is 1. The molecular weight excluding hydrogens is 221 g/mol. The molecule has 2 N–H and O–H groups in total. The zero-order valence-electron chi connectivity index (χ0n) is 9.99. The number of Topliss-reactive ketones (excluding diaryl/α,β-unsaturated/α-hetero) is 1. The average molecular weight is 235 g/mol. The highest BCUT2D eigenvalue weighted by Gasteiger charge is 2.10. The maximum atomic E-state index is 13.6. The highest BCUT2D eigenvalue weighted by atomic mass is 19.1. The summed E-state index contributed by atoms with van der Waals surface area (Å²) < 4.78 is 13.6. The number of halogens is 1. The number of nitrogens with zero attached hydrogens (tertiary/aromatic N) is 2. The first kappa shape index (κ1) is 13.0. The fourth-order valence-corrected chi connectivity index (χ4v) is 1.32. The van der Waals surface area contributed by atoms with Gasteiger partial charge in [-0.3, -0.25) is 4.79 Å². The summed E-state index contributed by atoms with van der Waals surface area (Å²) in [6, 6.07) is 1.55. The standard InChI is InChI=1S/C12H14FN3O/c1-7-4-5-15-12(11(7)13)16-8(2)10(6-14)9(3)17/h4-6H,14H2,1-3H3. The maximum Gasteiger partial charge on any atom is 0.188 e. The van der Waals surface area contributed by atoms with Gasteiger partial charge in [0.2, 0.25) is 0 Å². The lowest BCUT2D eigenvalue weighted by Crippen LogP contribution is -2.09. The predicted octanol–water partition coefficient (Wildman–Crippen LogP) is 2.05. The first-order chi connectivity index (χ1) is 7.97. The minimum Gasteiger partial charge on any atom is -0.404 e. The Hall–Kier alpha value is -2.04. The number of allylic oxidation sites excluding steroid dienone is 1. The molecular formula is C12H14FN3O. The first-order valence-electron chi connectivity index (χ1n) is 5.07. The summed E-state index contributed by atoms with van der Waals surface area (Å²) in [6.07, 6.45) is 2.62. The number of carbonyl (C=O) groups is 1. The lowest BCUT2D eigenvalue weighted by molar-refractivity contribution is -0.113. The molecule has 1 aromatic heterocycles. The maximum absolute atomic E-state index is 13.6. The average Bonchev–Trinajstić information content (AvgIpc) is 2.25. The second kappa shape index (κ2) is 5.34. The number of aryl methyl sites for hydroxylation is 1. The van der Waals surface area contributed by atoms with Crippen molar-refractivity contribution in [2.24, 2.45) is 10.7 Å². The number of hydrogen-bond acceptors (Lipinski definition) is 4. The number of pyridine rings is 1. The fourth-order valence-electron chi connectivity index (χ4n) is 1.32. The molecule has 0 aliphatic rings. The van der Waals surface area contributed by atoms with Crippen molar-refractivity contribution in [2.45, 2.75) is 20.8 Å². The number of nitrogens with two attached hydrogens (primary N) is 1. The van der Waals surface area contributed by atoms with Gasteiger partial charge in [0.25, 0.3) is 0 Å². The van der Waals surface area contributed by atoms with E-state index in [1.807, 2.05) is 0 Å². The molecule has 0 aliphatic carbocycles. The predicted molar refractivity (Wildman–Crippen MR) is 64.7 cm³/mol. The molecule has 0 aliphatic heterocycles. The summed E-state index contributed by atoms with van der Waals surface area (Å²) in [4.78, 5) is 19.0. The zero-order valence-corrected chi connectivity index (χ0v) is 9.99. The van der Waals surface area contributed by atoms with E-state index < -0.39 is 5.82 Å². The molecule has 0 unspecified atom stereocenters. The quantitative estimate of drug-likeness (QED) is 0.644. The highest BCUT2D eigenvalue weighted by Crippen LogP contribution is 2.18. The zero-order chi connectivity index (χ0) is 13.0. The van der Waals surface area contributed by atoms with Crippen LogP contribution < -0.4 is 5.73 Å². The molecule has 0 fully saturated rings. The van der Waals surface area contributed by atoms with Gasteiger partial charge >= 0.3 is 0 Å². The van der Waals surface area contributed by atoms with E-state index in [0.29, 0.717) is 11.3 Å². The van der Waals surface area contributed by atoms with Crippen molar-refractivity contribution in [1.82, 2.24) is 4.98 Å². The minimum atomic E-state index is -0.494. The van der Waals surface area contributed by atoms with E-state index in [1.54, 1.807) is 19.9 Å². The van der Waals surface area contributed by atoms with E-state index in [2.05, 4.69) is 9.98 Å². The molecule has 0 saturated heterocycles. The van der Waals surface area contributed by atoms with Crippen LogP contribution >= 0.6 is 0 Å². The topological polar surface area (TPSA) is 68.3 Å². The highest BCUT2D eigenvalue weighted by molar-refractivity contribution is 6.21. The van der Waals surface area contributed by atoms with Crippen LogP contribution in [0.15, 0.2) is 29.0 Å². The Morgan fingerprint density at radius 2 is 2.18 bits per heavy atom. The summed E-state index contributed by atoms with van der Waals surface area (Å²) >= 11 is 0. The number of carbonyl (C=O) groups excluding carboxylic acids is 1. The summed E-state index contributed by atoms with van der Waals surface area (Å²) in [5, 5.41) is 0. The van der Waals surface area contributed by atoms with Gasteiger partial charge in [0.1, 0.15) is 0 Å². The summed E-state index contributed by atoms with van der Waals surface area (Å²) in [6.45, 7) is 4.58. The monoisotopic (exact) mass is 235 g/mol. The Bertz CT molecular complexity index is 506. The van der Waals surface area contributed by atoms with Crippen LogP contribution in [-0.4, -0.2) is 16.5 Å². The van der Waals surface area contributed by atoms with Crippen molar-refractivity contribution in [3.8, 4) is 0 Å². The van der Waals surface area contributed by atoms with Crippen LogP contribution in [0.5, 0.6) is 0 Å². The van der Waals surface area contributed by atoms with Gasteiger partial charge in [0, 0.05) is 12.4 Å². The third kappa shape index (κ3) is 2.96. The molecule has 0 radical (unpaired) electrons. The van der Waals surface area contributed by atoms with E-state index in [4.69, 9.17) is 5.73 Å². The second-order valence-electron chi connectivity index (χ2n) is 3.60. The largest absolute Gasteiger partial charge is 0.404 e. The smallest absolute Gasteiger partial charge is 0.188 e. The van der Waals surface area contributed by atoms with Crippen LogP contribution in [0.25, 0.3) is 0 Å². The first-order valence-corrected chi connectivity index (χ1v) is 5.07. The van der Waals surface area contributed by atoms with E-state index in [9.17, 15) is 9.18 Å². The van der Waals surface area contributed by atoms with Crippen LogP contribution in [0.3, 0.4) is 0 Å². The third-order valence-electron chi connectivity index (χ3n) is 2.27. The molecule has 1 heterocycles. The third-order valence-corrected chi connectivity index (χ3v) is 2.27. The molecule has 0 aromatic carbocycles. The van der Waals surface area contributed by atoms with Crippen molar-refractivity contribution < 1.29 is 9.18 Å². The lowest BCUT2D eigenvalue weighted by atomic mass is 10.1. The SMILES string of the molecule is CC(=O)C(=CN)C(C)=Nc1nccc(C)c1F. The number of hydrogen-bond donors (Lipinski definition) is 1. The molecule has 0 saturated carbocycles. The molecule has 5 heteroatoms. The molecule has 1 rings (SSSR count). The number of aliphatic imine (C=N–C) groups is 1. The van der Waals surface area contributed by atoms with Crippen LogP contribution in [0.1, 0.15) is 19.4 Å². The Labute approximate surface area is 99.1 Å². The van der Waals surface area contributed by atoms with E-state index in [0.717, 1.165) is 6.20 Å².